The highest BCUT2D eigenvalue weighted by Crippen LogP contribution is 2.20. The Balaban J connectivity index is 1.91. The predicted molar refractivity (Wildman–Crippen MR) is 66.6 cm³/mol. The molecule has 18 heavy (non-hydrogen) atoms. The van der Waals surface area contributed by atoms with Gasteiger partial charge in [0.1, 0.15) is 12.4 Å². The van der Waals surface area contributed by atoms with E-state index in [2.05, 4.69) is 27.3 Å². The van der Waals surface area contributed by atoms with Gasteiger partial charge in [-0.15, -0.1) is 0 Å². The molecule has 0 radical (unpaired) electrons. The molecule has 6 nitrogen and oxygen atoms in total. The van der Waals surface area contributed by atoms with Crippen LogP contribution in [0.25, 0.3) is 5.78 Å². The molecule has 1 fully saturated rings. The summed E-state index contributed by atoms with van der Waals surface area (Å²) in [6.07, 6.45) is 2.81. The predicted octanol–water partition coefficient (Wildman–Crippen LogP) is 0.810. The van der Waals surface area contributed by atoms with Crippen LogP contribution in [0.3, 0.4) is 0 Å². The van der Waals surface area contributed by atoms with Crippen molar-refractivity contribution < 1.29 is 4.74 Å². The quantitative estimate of drug-likeness (QED) is 0.850. The number of aromatic nitrogens is 4. The summed E-state index contributed by atoms with van der Waals surface area (Å²) in [4.78, 5) is 8.40. The summed E-state index contributed by atoms with van der Waals surface area (Å²) in [6.45, 7) is 6.09. The fourth-order valence-electron chi connectivity index (χ4n) is 2.25. The first kappa shape index (κ1) is 11.4. The lowest BCUT2D eigenvalue weighted by Gasteiger charge is -2.29. The van der Waals surface area contributed by atoms with Crippen molar-refractivity contribution in [1.29, 1.82) is 0 Å². The molecule has 3 rings (SSSR count). The SMILES string of the molecule is Cc1cc(OC2CNCCC2C)n2ncnc2n1. The lowest BCUT2D eigenvalue weighted by atomic mass is 9.97. The number of hydrogen-bond donors (Lipinski definition) is 1. The maximum absolute atomic E-state index is 6.08. The number of piperidine rings is 1. The summed E-state index contributed by atoms with van der Waals surface area (Å²) in [5.74, 6) is 1.84. The number of nitrogens with one attached hydrogen (secondary N) is 1. The Kier molecular flexibility index (Phi) is 2.87. The van der Waals surface area contributed by atoms with Gasteiger partial charge in [0, 0.05) is 18.3 Å². The smallest absolute Gasteiger partial charge is 0.255 e. The van der Waals surface area contributed by atoms with Crippen LogP contribution in [-0.2, 0) is 0 Å². The number of aryl methyl sites for hydroxylation is 1. The Morgan fingerprint density at radius 1 is 1.50 bits per heavy atom. The summed E-state index contributed by atoms with van der Waals surface area (Å²) >= 11 is 0. The minimum absolute atomic E-state index is 0.174. The first-order valence-corrected chi connectivity index (χ1v) is 6.29. The van der Waals surface area contributed by atoms with E-state index >= 15 is 0 Å². The van der Waals surface area contributed by atoms with E-state index in [0.29, 0.717) is 11.7 Å². The molecule has 6 heteroatoms. The molecule has 1 N–H and O–H groups in total. The van der Waals surface area contributed by atoms with Gasteiger partial charge in [-0.2, -0.15) is 14.6 Å². The number of nitrogens with zero attached hydrogens (tertiary/aromatic N) is 4. The average Bonchev–Trinajstić information content (AvgIpc) is 2.80. The van der Waals surface area contributed by atoms with Crippen molar-refractivity contribution in [1.82, 2.24) is 24.9 Å². The van der Waals surface area contributed by atoms with Gasteiger partial charge in [0.2, 0.25) is 5.88 Å². The third kappa shape index (κ3) is 2.03. The lowest BCUT2D eigenvalue weighted by molar-refractivity contribution is 0.107. The lowest BCUT2D eigenvalue weighted by Crippen LogP contribution is -2.43. The van der Waals surface area contributed by atoms with Crippen LogP contribution in [0.2, 0.25) is 0 Å². The zero-order valence-electron chi connectivity index (χ0n) is 10.6. The van der Waals surface area contributed by atoms with Crippen LogP contribution < -0.4 is 10.1 Å². The van der Waals surface area contributed by atoms with Gasteiger partial charge in [-0.25, -0.2) is 4.98 Å². The van der Waals surface area contributed by atoms with Gasteiger partial charge in [-0.1, -0.05) is 6.92 Å². The second-order valence-corrected chi connectivity index (χ2v) is 4.83. The zero-order chi connectivity index (χ0) is 12.5. The molecule has 96 valence electrons. The van der Waals surface area contributed by atoms with Gasteiger partial charge in [0.25, 0.3) is 5.78 Å². The number of hydrogen-bond acceptors (Lipinski definition) is 5. The first-order valence-electron chi connectivity index (χ1n) is 6.29. The van der Waals surface area contributed by atoms with Gasteiger partial charge >= 0.3 is 0 Å². The second-order valence-electron chi connectivity index (χ2n) is 4.83. The molecule has 3 heterocycles. The van der Waals surface area contributed by atoms with Gasteiger partial charge in [0.15, 0.2) is 0 Å². The van der Waals surface area contributed by atoms with E-state index in [-0.39, 0.29) is 6.10 Å². The van der Waals surface area contributed by atoms with Crippen molar-refractivity contribution >= 4 is 5.78 Å². The standard InChI is InChI=1S/C12H17N5O/c1-8-3-4-13-6-10(8)18-11-5-9(2)16-12-14-7-15-17(11)12/h5,7-8,10,13H,3-4,6H2,1-2H3. The van der Waals surface area contributed by atoms with E-state index in [1.807, 2.05) is 13.0 Å². The van der Waals surface area contributed by atoms with Crippen molar-refractivity contribution in [3.63, 3.8) is 0 Å². The highest BCUT2D eigenvalue weighted by molar-refractivity contribution is 5.32. The van der Waals surface area contributed by atoms with Crippen molar-refractivity contribution in [2.24, 2.45) is 5.92 Å². The van der Waals surface area contributed by atoms with Crippen molar-refractivity contribution in [2.45, 2.75) is 26.4 Å². The van der Waals surface area contributed by atoms with Crippen molar-refractivity contribution in [2.75, 3.05) is 13.1 Å². The van der Waals surface area contributed by atoms with E-state index in [1.165, 1.54) is 6.33 Å². The Labute approximate surface area is 105 Å². The van der Waals surface area contributed by atoms with Gasteiger partial charge < -0.3 is 10.1 Å². The molecular weight excluding hydrogens is 230 g/mol. The topological polar surface area (TPSA) is 64.3 Å². The van der Waals surface area contributed by atoms with E-state index in [1.54, 1.807) is 4.52 Å². The normalized spacial score (nSPS) is 24.3. The highest BCUT2D eigenvalue weighted by atomic mass is 16.5. The summed E-state index contributed by atoms with van der Waals surface area (Å²) in [7, 11) is 0. The summed E-state index contributed by atoms with van der Waals surface area (Å²) in [6, 6.07) is 1.91. The maximum atomic E-state index is 6.08. The molecule has 2 aromatic rings. The fourth-order valence-corrected chi connectivity index (χ4v) is 2.25. The molecule has 2 atom stereocenters. The molecule has 0 aliphatic carbocycles. The van der Waals surface area contributed by atoms with Crippen LogP contribution in [0.4, 0.5) is 0 Å². The van der Waals surface area contributed by atoms with Crippen LogP contribution in [0.5, 0.6) is 5.88 Å². The number of ether oxygens (including phenoxy) is 1. The van der Waals surface area contributed by atoms with Crippen LogP contribution in [0.1, 0.15) is 19.0 Å². The second kappa shape index (κ2) is 4.53. The van der Waals surface area contributed by atoms with Crippen LogP contribution in [0.15, 0.2) is 12.4 Å². The largest absolute Gasteiger partial charge is 0.473 e. The molecular formula is C12H17N5O. The molecule has 1 aliphatic rings. The van der Waals surface area contributed by atoms with Crippen molar-refractivity contribution in [3.05, 3.63) is 18.1 Å². The van der Waals surface area contributed by atoms with Crippen LogP contribution >= 0.6 is 0 Å². The molecule has 0 saturated carbocycles. The Hall–Kier alpha value is -1.69. The summed E-state index contributed by atoms with van der Waals surface area (Å²) < 4.78 is 7.73. The Morgan fingerprint density at radius 3 is 3.22 bits per heavy atom. The molecule has 2 unspecified atom stereocenters. The summed E-state index contributed by atoms with van der Waals surface area (Å²) in [5, 5.41) is 7.50. The van der Waals surface area contributed by atoms with E-state index < -0.39 is 0 Å². The van der Waals surface area contributed by atoms with Crippen LogP contribution in [-0.4, -0.2) is 38.8 Å². The average molecular weight is 247 g/mol. The van der Waals surface area contributed by atoms with Crippen molar-refractivity contribution in [3.8, 4) is 5.88 Å². The molecule has 0 bridgehead atoms. The van der Waals surface area contributed by atoms with Gasteiger partial charge in [-0.05, 0) is 25.8 Å². The Bertz CT molecular complexity index is 552. The van der Waals surface area contributed by atoms with E-state index in [9.17, 15) is 0 Å². The Morgan fingerprint density at radius 2 is 2.39 bits per heavy atom. The molecule has 0 amide bonds. The molecule has 1 aliphatic heterocycles. The highest BCUT2D eigenvalue weighted by Gasteiger charge is 2.23. The minimum atomic E-state index is 0.174. The molecule has 2 aromatic heterocycles. The molecule has 0 spiro atoms. The van der Waals surface area contributed by atoms with Crippen LogP contribution in [0, 0.1) is 12.8 Å². The number of fused-ring (bicyclic) bond motifs is 1. The van der Waals surface area contributed by atoms with E-state index in [4.69, 9.17) is 4.74 Å². The molecule has 0 aromatic carbocycles. The third-order valence-corrected chi connectivity index (χ3v) is 3.38. The summed E-state index contributed by atoms with van der Waals surface area (Å²) in [5.41, 5.74) is 0.891. The minimum Gasteiger partial charge on any atom is -0.473 e. The van der Waals surface area contributed by atoms with Gasteiger partial charge in [0.05, 0.1) is 0 Å². The number of rotatable bonds is 2. The zero-order valence-corrected chi connectivity index (χ0v) is 10.6. The van der Waals surface area contributed by atoms with E-state index in [0.717, 1.165) is 31.1 Å². The maximum Gasteiger partial charge on any atom is 0.255 e. The monoisotopic (exact) mass is 247 g/mol. The molecule has 1 saturated heterocycles. The fraction of sp³-hybridized carbons (Fsp3) is 0.583. The van der Waals surface area contributed by atoms with Gasteiger partial charge in [-0.3, -0.25) is 0 Å². The third-order valence-electron chi connectivity index (χ3n) is 3.38. The first-order chi connectivity index (χ1) is 8.74.